The molecule has 0 aliphatic carbocycles. The molecule has 1 aliphatic heterocycles. The van der Waals surface area contributed by atoms with Gasteiger partial charge in [0.1, 0.15) is 16.4 Å². The van der Waals surface area contributed by atoms with Crippen molar-refractivity contribution < 1.29 is 12.9 Å². The van der Waals surface area contributed by atoms with Crippen LogP contribution in [0.25, 0.3) is 0 Å². The van der Waals surface area contributed by atoms with E-state index in [2.05, 4.69) is 10.3 Å². The van der Waals surface area contributed by atoms with E-state index in [-0.39, 0.29) is 36.0 Å². The van der Waals surface area contributed by atoms with Gasteiger partial charge in [-0.15, -0.1) is 0 Å². The molecule has 0 N–H and O–H groups in total. The summed E-state index contributed by atoms with van der Waals surface area (Å²) < 4.78 is 34.7. The van der Waals surface area contributed by atoms with E-state index in [0.717, 1.165) is 0 Å². The summed E-state index contributed by atoms with van der Waals surface area (Å²) in [6.07, 6.45) is 0.388. The molecule has 0 bridgehead atoms. The van der Waals surface area contributed by atoms with Crippen LogP contribution in [0.5, 0.6) is 0 Å². The average Bonchev–Trinajstić information content (AvgIpc) is 2.82. The van der Waals surface area contributed by atoms with Gasteiger partial charge in [0.25, 0.3) is 0 Å². The first-order valence-electron chi connectivity index (χ1n) is 6.88. The van der Waals surface area contributed by atoms with Crippen molar-refractivity contribution in [1.29, 1.82) is 0 Å². The lowest BCUT2D eigenvalue weighted by atomic mass is 10.4. The number of sulfonamides is 1. The highest BCUT2D eigenvalue weighted by Gasteiger charge is 2.32. The Morgan fingerprint density at radius 1 is 1.18 bits per heavy atom. The van der Waals surface area contributed by atoms with E-state index >= 15 is 0 Å². The smallest absolute Gasteiger partial charge is 0.345 e. The van der Waals surface area contributed by atoms with Crippen molar-refractivity contribution in [3.63, 3.8) is 0 Å². The molecule has 10 heteroatoms. The highest BCUT2D eigenvalue weighted by Crippen LogP contribution is 2.24. The zero-order valence-corrected chi connectivity index (χ0v) is 13.4. The topological polar surface area (TPSA) is 103 Å². The SMILES string of the molecule is Cc1noc(C)c1S(=O)(=O)N1CCc2nn(C)c(=O)n2CC1. The molecule has 0 saturated heterocycles. The summed E-state index contributed by atoms with van der Waals surface area (Å²) in [4.78, 5) is 12.0. The molecule has 0 unspecified atom stereocenters. The molecule has 0 fully saturated rings. The third-order valence-corrected chi connectivity index (χ3v) is 5.95. The molecule has 0 atom stereocenters. The van der Waals surface area contributed by atoms with Gasteiger partial charge in [0.05, 0.1) is 0 Å². The molecule has 0 spiro atoms. The summed E-state index contributed by atoms with van der Waals surface area (Å²) >= 11 is 0. The third kappa shape index (κ3) is 2.18. The first-order valence-corrected chi connectivity index (χ1v) is 8.32. The minimum absolute atomic E-state index is 0.111. The van der Waals surface area contributed by atoms with Crippen LogP contribution in [0.2, 0.25) is 0 Å². The highest BCUT2D eigenvalue weighted by molar-refractivity contribution is 7.89. The minimum Gasteiger partial charge on any atom is -0.360 e. The van der Waals surface area contributed by atoms with Crippen LogP contribution in [0.15, 0.2) is 14.2 Å². The Labute approximate surface area is 127 Å². The molecule has 1 aliphatic rings. The summed E-state index contributed by atoms with van der Waals surface area (Å²) in [5, 5.41) is 7.84. The Hall–Kier alpha value is -1.94. The molecule has 0 aromatic carbocycles. The van der Waals surface area contributed by atoms with Crippen molar-refractivity contribution in [2.75, 3.05) is 13.1 Å². The lowest BCUT2D eigenvalue weighted by Crippen LogP contribution is -2.35. The molecule has 0 saturated carbocycles. The normalized spacial score (nSPS) is 16.5. The lowest BCUT2D eigenvalue weighted by Gasteiger charge is -2.19. The first-order chi connectivity index (χ1) is 10.3. The number of nitrogens with zero attached hydrogens (tertiary/aromatic N) is 5. The standard InChI is InChI=1S/C12H17N5O4S/c1-8-11(9(2)21-14-8)22(19,20)16-5-4-10-13-15(3)12(18)17(10)7-6-16/h4-7H2,1-3H3. The number of hydrogen-bond donors (Lipinski definition) is 0. The predicted octanol–water partition coefficient (Wildman–Crippen LogP) is -0.566. The fourth-order valence-corrected chi connectivity index (χ4v) is 4.45. The van der Waals surface area contributed by atoms with Crippen LogP contribution in [0.1, 0.15) is 17.3 Å². The predicted molar refractivity (Wildman–Crippen MR) is 75.9 cm³/mol. The van der Waals surface area contributed by atoms with Gasteiger partial charge in [0.2, 0.25) is 10.0 Å². The molecule has 0 amide bonds. The Morgan fingerprint density at radius 3 is 2.55 bits per heavy atom. The van der Waals surface area contributed by atoms with Crippen LogP contribution >= 0.6 is 0 Å². The zero-order chi connectivity index (χ0) is 16.1. The van der Waals surface area contributed by atoms with Crippen LogP contribution in [-0.2, 0) is 30.0 Å². The number of hydrogen-bond acceptors (Lipinski definition) is 6. The Bertz CT molecular complexity index is 856. The van der Waals surface area contributed by atoms with E-state index in [0.29, 0.717) is 17.9 Å². The number of aromatic nitrogens is 4. The second-order valence-electron chi connectivity index (χ2n) is 5.28. The summed E-state index contributed by atoms with van der Waals surface area (Å²) in [5.74, 6) is 0.874. The second kappa shape index (κ2) is 5.06. The van der Waals surface area contributed by atoms with Gasteiger partial charge in [-0.25, -0.2) is 17.9 Å². The van der Waals surface area contributed by atoms with Gasteiger partial charge in [0.15, 0.2) is 5.76 Å². The molecule has 2 aromatic rings. The van der Waals surface area contributed by atoms with Crippen LogP contribution in [-0.4, -0.2) is 45.3 Å². The molecular formula is C12H17N5O4S. The highest BCUT2D eigenvalue weighted by atomic mass is 32.2. The van der Waals surface area contributed by atoms with Gasteiger partial charge in [-0.3, -0.25) is 4.57 Å². The van der Waals surface area contributed by atoms with Crippen LogP contribution in [0.4, 0.5) is 0 Å². The maximum atomic E-state index is 12.8. The Morgan fingerprint density at radius 2 is 1.91 bits per heavy atom. The maximum Gasteiger partial charge on any atom is 0.345 e. The van der Waals surface area contributed by atoms with Gasteiger partial charge in [-0.2, -0.15) is 9.40 Å². The van der Waals surface area contributed by atoms with Gasteiger partial charge >= 0.3 is 5.69 Å². The number of rotatable bonds is 2. The molecule has 120 valence electrons. The van der Waals surface area contributed by atoms with Gasteiger partial charge in [-0.05, 0) is 13.8 Å². The van der Waals surface area contributed by atoms with E-state index in [9.17, 15) is 13.2 Å². The van der Waals surface area contributed by atoms with Crippen LogP contribution < -0.4 is 5.69 Å². The quantitative estimate of drug-likeness (QED) is 0.732. The molecule has 9 nitrogen and oxygen atoms in total. The Balaban J connectivity index is 1.94. The first kappa shape index (κ1) is 15.0. The summed E-state index contributed by atoms with van der Waals surface area (Å²) in [6.45, 7) is 3.94. The molecule has 3 rings (SSSR count). The Kier molecular flexibility index (Phi) is 3.44. The van der Waals surface area contributed by atoms with E-state index < -0.39 is 10.0 Å². The van der Waals surface area contributed by atoms with Crippen molar-refractivity contribution in [1.82, 2.24) is 23.8 Å². The van der Waals surface area contributed by atoms with Crippen molar-refractivity contribution in [3.8, 4) is 0 Å². The van der Waals surface area contributed by atoms with Gasteiger partial charge < -0.3 is 4.52 Å². The lowest BCUT2D eigenvalue weighted by molar-refractivity contribution is 0.387. The average molecular weight is 327 g/mol. The van der Waals surface area contributed by atoms with Crippen molar-refractivity contribution in [3.05, 3.63) is 27.8 Å². The molecule has 2 aromatic heterocycles. The van der Waals surface area contributed by atoms with E-state index in [1.54, 1.807) is 20.9 Å². The molecule has 22 heavy (non-hydrogen) atoms. The van der Waals surface area contributed by atoms with Gasteiger partial charge in [0, 0.05) is 33.1 Å². The molecule has 3 heterocycles. The van der Waals surface area contributed by atoms with E-state index in [1.165, 1.54) is 13.6 Å². The van der Waals surface area contributed by atoms with Crippen LogP contribution in [0.3, 0.4) is 0 Å². The monoisotopic (exact) mass is 327 g/mol. The van der Waals surface area contributed by atoms with Crippen LogP contribution in [0, 0.1) is 13.8 Å². The molecule has 0 radical (unpaired) electrons. The number of aryl methyl sites for hydroxylation is 3. The van der Waals surface area contributed by atoms with Crippen molar-refractivity contribution in [2.45, 2.75) is 31.7 Å². The van der Waals surface area contributed by atoms with E-state index in [4.69, 9.17) is 4.52 Å². The second-order valence-corrected chi connectivity index (χ2v) is 7.16. The summed E-state index contributed by atoms with van der Waals surface area (Å²) in [6, 6.07) is 0. The van der Waals surface area contributed by atoms with Crippen molar-refractivity contribution >= 4 is 10.0 Å². The maximum absolute atomic E-state index is 12.8. The minimum atomic E-state index is -3.69. The fourth-order valence-electron chi connectivity index (χ4n) is 2.73. The number of fused-ring (bicyclic) bond motifs is 1. The molecular weight excluding hydrogens is 310 g/mol. The third-order valence-electron chi connectivity index (χ3n) is 3.81. The van der Waals surface area contributed by atoms with E-state index in [1.807, 2.05) is 0 Å². The summed E-state index contributed by atoms with van der Waals surface area (Å²) in [5.41, 5.74) is 0.113. The van der Waals surface area contributed by atoms with Gasteiger partial charge in [-0.1, -0.05) is 5.16 Å². The summed E-state index contributed by atoms with van der Waals surface area (Å²) in [7, 11) is -2.11. The largest absolute Gasteiger partial charge is 0.360 e. The van der Waals surface area contributed by atoms with Crippen molar-refractivity contribution in [2.24, 2.45) is 7.05 Å². The zero-order valence-electron chi connectivity index (χ0n) is 12.6. The fraction of sp³-hybridized carbons (Fsp3) is 0.583.